The molecule has 4 nitrogen and oxygen atoms in total. The first-order valence-corrected chi connectivity index (χ1v) is 6.05. The Morgan fingerprint density at radius 3 is 2.71 bits per heavy atom. The molecule has 2 heterocycles. The summed E-state index contributed by atoms with van der Waals surface area (Å²) in [6, 6.07) is 1.92. The van der Waals surface area contributed by atoms with Gasteiger partial charge in [-0.15, -0.1) is 12.4 Å². The van der Waals surface area contributed by atoms with Crippen LogP contribution in [0.3, 0.4) is 0 Å². The lowest BCUT2D eigenvalue weighted by Crippen LogP contribution is -2.35. The Morgan fingerprint density at radius 1 is 1.41 bits per heavy atom. The molecule has 0 atom stereocenters. The van der Waals surface area contributed by atoms with Gasteiger partial charge in [0.15, 0.2) is 0 Å². The Kier molecular flexibility index (Phi) is 6.12. The minimum Gasteiger partial charge on any atom is -0.330 e. The first kappa shape index (κ1) is 14.6. The molecule has 17 heavy (non-hydrogen) atoms. The Morgan fingerprint density at radius 2 is 2.12 bits per heavy atom. The van der Waals surface area contributed by atoms with E-state index in [4.69, 9.17) is 17.3 Å². The van der Waals surface area contributed by atoms with Crippen LogP contribution in [0, 0.1) is 5.92 Å². The van der Waals surface area contributed by atoms with Crippen LogP contribution in [0.4, 0.5) is 0 Å². The molecule has 1 aromatic rings. The second kappa shape index (κ2) is 7.11. The molecule has 0 unspecified atom stereocenters. The summed E-state index contributed by atoms with van der Waals surface area (Å²) >= 11 is 5.75. The predicted molar refractivity (Wildman–Crippen MR) is 71.3 cm³/mol. The van der Waals surface area contributed by atoms with Gasteiger partial charge in [-0.25, -0.2) is 9.97 Å². The highest BCUT2D eigenvalue weighted by Crippen LogP contribution is 2.17. The highest BCUT2D eigenvalue weighted by Gasteiger charge is 2.18. The van der Waals surface area contributed by atoms with E-state index in [0.29, 0.717) is 11.2 Å². The molecule has 1 aromatic heterocycles. The molecule has 6 heteroatoms. The van der Waals surface area contributed by atoms with Gasteiger partial charge >= 0.3 is 0 Å². The summed E-state index contributed by atoms with van der Waals surface area (Å²) in [7, 11) is 0. The van der Waals surface area contributed by atoms with Crippen molar-refractivity contribution in [2.45, 2.75) is 19.4 Å². The largest absolute Gasteiger partial charge is 0.330 e. The summed E-state index contributed by atoms with van der Waals surface area (Å²) in [6.45, 7) is 3.87. The molecule has 1 aliphatic rings. The van der Waals surface area contributed by atoms with Crippen LogP contribution < -0.4 is 5.73 Å². The minimum atomic E-state index is 0. The number of nitrogens with two attached hydrogens (primary N) is 1. The number of hydrogen-bond donors (Lipinski definition) is 1. The molecule has 1 saturated heterocycles. The normalized spacial score (nSPS) is 17.8. The van der Waals surface area contributed by atoms with Crippen molar-refractivity contribution in [1.29, 1.82) is 0 Å². The van der Waals surface area contributed by atoms with Crippen LogP contribution in [0.25, 0.3) is 0 Å². The fraction of sp³-hybridized carbons (Fsp3) is 0.636. The van der Waals surface area contributed by atoms with Crippen LogP contribution in [0.1, 0.15) is 18.5 Å². The second-order valence-corrected chi connectivity index (χ2v) is 4.61. The molecule has 0 saturated carbocycles. The van der Waals surface area contributed by atoms with Gasteiger partial charge in [-0.3, -0.25) is 4.90 Å². The van der Waals surface area contributed by atoms with Crippen molar-refractivity contribution in [2.24, 2.45) is 11.7 Å². The third-order valence-electron chi connectivity index (χ3n) is 3.11. The zero-order chi connectivity index (χ0) is 11.4. The van der Waals surface area contributed by atoms with Crippen LogP contribution in [0.5, 0.6) is 0 Å². The van der Waals surface area contributed by atoms with E-state index in [1.165, 1.54) is 12.8 Å². The maximum absolute atomic E-state index is 5.75. The number of halogens is 2. The first-order chi connectivity index (χ1) is 7.78. The van der Waals surface area contributed by atoms with Gasteiger partial charge in [0.1, 0.15) is 0 Å². The van der Waals surface area contributed by atoms with Gasteiger partial charge in [0.2, 0.25) is 5.28 Å². The van der Waals surface area contributed by atoms with Crippen molar-refractivity contribution in [3.63, 3.8) is 0 Å². The van der Waals surface area contributed by atoms with E-state index in [-0.39, 0.29) is 12.4 Å². The molecule has 0 aliphatic carbocycles. The van der Waals surface area contributed by atoms with E-state index < -0.39 is 0 Å². The average molecular weight is 277 g/mol. The molecule has 2 rings (SSSR count). The molecule has 0 radical (unpaired) electrons. The van der Waals surface area contributed by atoms with Crippen LogP contribution in [0.15, 0.2) is 12.3 Å². The molecule has 0 bridgehead atoms. The maximum atomic E-state index is 5.75. The fourth-order valence-electron chi connectivity index (χ4n) is 2.07. The van der Waals surface area contributed by atoms with E-state index in [1.54, 1.807) is 6.20 Å². The van der Waals surface area contributed by atoms with Crippen molar-refractivity contribution in [3.8, 4) is 0 Å². The molecular formula is C11H18Cl2N4. The summed E-state index contributed by atoms with van der Waals surface area (Å²) < 4.78 is 0. The van der Waals surface area contributed by atoms with E-state index in [0.717, 1.165) is 31.9 Å². The van der Waals surface area contributed by atoms with Crippen molar-refractivity contribution in [3.05, 3.63) is 23.2 Å². The lowest BCUT2D eigenvalue weighted by atomic mass is 9.97. The lowest BCUT2D eigenvalue weighted by molar-refractivity contribution is 0.178. The summed E-state index contributed by atoms with van der Waals surface area (Å²) in [6.07, 6.45) is 4.09. The van der Waals surface area contributed by atoms with E-state index >= 15 is 0 Å². The second-order valence-electron chi connectivity index (χ2n) is 4.27. The zero-order valence-electron chi connectivity index (χ0n) is 9.68. The Balaban J connectivity index is 0.00000144. The van der Waals surface area contributed by atoms with Crippen LogP contribution in [-0.4, -0.2) is 34.5 Å². The summed E-state index contributed by atoms with van der Waals surface area (Å²) in [5.74, 6) is 0.699. The van der Waals surface area contributed by atoms with Crippen molar-refractivity contribution >= 4 is 24.0 Å². The molecular weight excluding hydrogens is 259 g/mol. The molecule has 2 N–H and O–H groups in total. The third-order valence-corrected chi connectivity index (χ3v) is 3.29. The number of aromatic nitrogens is 2. The van der Waals surface area contributed by atoms with Crippen molar-refractivity contribution < 1.29 is 0 Å². The number of piperidine rings is 1. The molecule has 1 fully saturated rings. The summed E-state index contributed by atoms with van der Waals surface area (Å²) in [5, 5.41) is 0.328. The topological polar surface area (TPSA) is 55.0 Å². The zero-order valence-corrected chi connectivity index (χ0v) is 11.3. The Hall–Kier alpha value is -0.420. The van der Waals surface area contributed by atoms with Crippen LogP contribution in [-0.2, 0) is 6.54 Å². The van der Waals surface area contributed by atoms with Gasteiger partial charge in [-0.1, -0.05) is 0 Å². The van der Waals surface area contributed by atoms with Gasteiger partial charge in [-0.05, 0) is 56.1 Å². The summed E-state index contributed by atoms with van der Waals surface area (Å²) in [5.41, 5.74) is 6.66. The van der Waals surface area contributed by atoms with Crippen LogP contribution in [0.2, 0.25) is 5.28 Å². The number of hydrogen-bond acceptors (Lipinski definition) is 4. The van der Waals surface area contributed by atoms with Crippen LogP contribution >= 0.6 is 24.0 Å². The monoisotopic (exact) mass is 276 g/mol. The minimum absolute atomic E-state index is 0. The average Bonchev–Trinajstić information content (AvgIpc) is 2.30. The molecule has 96 valence electrons. The smallest absolute Gasteiger partial charge is 0.222 e. The molecule has 0 spiro atoms. The molecule has 0 amide bonds. The van der Waals surface area contributed by atoms with E-state index in [1.807, 2.05) is 6.07 Å². The van der Waals surface area contributed by atoms with Crippen molar-refractivity contribution in [2.75, 3.05) is 19.6 Å². The maximum Gasteiger partial charge on any atom is 0.222 e. The predicted octanol–water partition coefficient (Wildman–Crippen LogP) is 1.72. The lowest BCUT2D eigenvalue weighted by Gasteiger charge is -2.30. The SMILES string of the molecule is Cl.NCC1CCN(Cc2ccnc(Cl)n2)CC1. The molecule has 0 aromatic carbocycles. The highest BCUT2D eigenvalue weighted by atomic mass is 35.5. The van der Waals surface area contributed by atoms with Gasteiger partial charge in [0.25, 0.3) is 0 Å². The number of nitrogens with zero attached hydrogens (tertiary/aromatic N) is 3. The number of rotatable bonds is 3. The van der Waals surface area contributed by atoms with Gasteiger partial charge in [-0.2, -0.15) is 0 Å². The number of likely N-dealkylation sites (tertiary alicyclic amines) is 1. The Labute approximate surface area is 113 Å². The highest BCUT2D eigenvalue weighted by molar-refractivity contribution is 6.28. The van der Waals surface area contributed by atoms with Gasteiger partial charge in [0.05, 0.1) is 5.69 Å². The van der Waals surface area contributed by atoms with Gasteiger partial charge in [0, 0.05) is 12.7 Å². The quantitative estimate of drug-likeness (QED) is 0.855. The van der Waals surface area contributed by atoms with E-state index in [9.17, 15) is 0 Å². The molecule has 1 aliphatic heterocycles. The standard InChI is InChI=1S/C11H17ClN4.ClH/c12-11-14-4-1-10(15-11)8-16-5-2-9(7-13)3-6-16;/h1,4,9H,2-3,5-8,13H2;1H. The summed E-state index contributed by atoms with van der Waals surface area (Å²) in [4.78, 5) is 10.5. The first-order valence-electron chi connectivity index (χ1n) is 5.68. The van der Waals surface area contributed by atoms with E-state index in [2.05, 4.69) is 14.9 Å². The van der Waals surface area contributed by atoms with Gasteiger partial charge < -0.3 is 5.73 Å². The van der Waals surface area contributed by atoms with Crippen molar-refractivity contribution in [1.82, 2.24) is 14.9 Å². The fourth-order valence-corrected chi connectivity index (χ4v) is 2.23. The third kappa shape index (κ3) is 4.39. The Bertz CT molecular complexity index is 340.